The molecule has 0 heterocycles. The van der Waals surface area contributed by atoms with Crippen LogP contribution in [0.25, 0.3) is 0 Å². The Morgan fingerprint density at radius 2 is 2.08 bits per heavy atom. The van der Waals surface area contributed by atoms with Crippen LogP contribution in [0.1, 0.15) is 5.56 Å². The summed E-state index contributed by atoms with van der Waals surface area (Å²) in [6.07, 6.45) is 0. The van der Waals surface area contributed by atoms with Gasteiger partial charge in [0.25, 0.3) is 0 Å². The topological polar surface area (TPSA) is 44.5 Å². The lowest BCUT2D eigenvalue weighted by Gasteiger charge is -2.05. The number of benzene rings is 1. The maximum absolute atomic E-state index is 5.68. The van der Waals surface area contributed by atoms with E-state index in [2.05, 4.69) is 0 Å². The third-order valence-corrected chi connectivity index (χ3v) is 1.61. The summed E-state index contributed by atoms with van der Waals surface area (Å²) in [7, 11) is 3.25. The second-order valence-corrected chi connectivity index (χ2v) is 2.51. The molecule has 0 aromatic heterocycles. The van der Waals surface area contributed by atoms with E-state index in [1.165, 1.54) is 0 Å². The number of anilines is 1. The number of nitrogens with two attached hydrogens (primary N) is 1. The van der Waals surface area contributed by atoms with E-state index in [1.807, 2.05) is 18.2 Å². The fourth-order valence-electron chi connectivity index (χ4n) is 1.04. The van der Waals surface area contributed by atoms with Crippen LogP contribution in [-0.2, 0) is 11.3 Å². The molecule has 3 nitrogen and oxygen atoms in total. The van der Waals surface area contributed by atoms with Crippen molar-refractivity contribution < 1.29 is 9.47 Å². The molecule has 0 unspecified atom stereocenters. The number of ether oxygens (including phenoxy) is 2. The summed E-state index contributed by atoms with van der Waals surface area (Å²) in [6.45, 7) is 0.578. The van der Waals surface area contributed by atoms with Gasteiger partial charge in [-0.3, -0.25) is 0 Å². The Morgan fingerprint density at radius 1 is 1.33 bits per heavy atom. The van der Waals surface area contributed by atoms with Crippen LogP contribution >= 0.6 is 0 Å². The minimum Gasteiger partial charge on any atom is -0.495 e. The molecule has 66 valence electrons. The molecule has 1 rings (SSSR count). The van der Waals surface area contributed by atoms with Gasteiger partial charge in [-0.25, -0.2) is 0 Å². The van der Waals surface area contributed by atoms with E-state index in [1.54, 1.807) is 14.2 Å². The lowest BCUT2D eigenvalue weighted by molar-refractivity contribution is 0.185. The van der Waals surface area contributed by atoms with E-state index in [4.69, 9.17) is 15.2 Å². The van der Waals surface area contributed by atoms with Crippen molar-refractivity contribution in [3.63, 3.8) is 0 Å². The fraction of sp³-hybridized carbons (Fsp3) is 0.333. The highest BCUT2D eigenvalue weighted by molar-refractivity contribution is 5.54. The Balaban J connectivity index is 2.86. The van der Waals surface area contributed by atoms with E-state index >= 15 is 0 Å². The predicted octanol–water partition coefficient (Wildman–Crippen LogP) is 1.42. The minimum absolute atomic E-state index is 0.578. The highest BCUT2D eigenvalue weighted by atomic mass is 16.5. The van der Waals surface area contributed by atoms with Crippen molar-refractivity contribution in [2.45, 2.75) is 6.61 Å². The van der Waals surface area contributed by atoms with Crippen LogP contribution in [0.5, 0.6) is 5.75 Å². The number of hydrogen-bond acceptors (Lipinski definition) is 3. The minimum atomic E-state index is 0.578. The molecule has 12 heavy (non-hydrogen) atoms. The fourth-order valence-corrected chi connectivity index (χ4v) is 1.04. The van der Waals surface area contributed by atoms with Gasteiger partial charge in [0.2, 0.25) is 0 Å². The Labute approximate surface area is 72.1 Å². The van der Waals surface area contributed by atoms with Gasteiger partial charge < -0.3 is 15.2 Å². The second kappa shape index (κ2) is 3.97. The summed E-state index contributed by atoms with van der Waals surface area (Å²) in [6, 6.07) is 5.62. The normalized spacial score (nSPS) is 9.83. The van der Waals surface area contributed by atoms with Gasteiger partial charge in [-0.05, 0) is 17.7 Å². The average molecular weight is 167 g/mol. The molecule has 0 aliphatic carbocycles. The molecular weight excluding hydrogens is 154 g/mol. The van der Waals surface area contributed by atoms with Crippen LogP contribution in [0.3, 0.4) is 0 Å². The summed E-state index contributed by atoms with van der Waals surface area (Å²) >= 11 is 0. The molecule has 0 saturated carbocycles. The largest absolute Gasteiger partial charge is 0.495 e. The maximum Gasteiger partial charge on any atom is 0.141 e. The first-order chi connectivity index (χ1) is 5.77. The Bertz CT molecular complexity index is 261. The highest BCUT2D eigenvalue weighted by Gasteiger charge is 1.99. The zero-order valence-corrected chi connectivity index (χ0v) is 7.33. The molecule has 1 aromatic carbocycles. The molecule has 0 fully saturated rings. The SMILES string of the molecule is COCc1ccc(OC)c(N)c1. The standard InChI is InChI=1S/C9H13NO2/c1-11-6-7-3-4-9(12-2)8(10)5-7/h3-5H,6,10H2,1-2H3. The summed E-state index contributed by atoms with van der Waals surface area (Å²) in [5.74, 6) is 0.704. The highest BCUT2D eigenvalue weighted by Crippen LogP contribution is 2.21. The maximum atomic E-state index is 5.68. The first-order valence-corrected chi connectivity index (χ1v) is 3.69. The van der Waals surface area contributed by atoms with Crippen molar-refractivity contribution in [1.29, 1.82) is 0 Å². The summed E-state index contributed by atoms with van der Waals surface area (Å²) in [5, 5.41) is 0. The van der Waals surface area contributed by atoms with Crippen molar-refractivity contribution in [2.75, 3.05) is 20.0 Å². The van der Waals surface area contributed by atoms with Crippen LogP contribution in [0.4, 0.5) is 5.69 Å². The molecule has 2 N–H and O–H groups in total. The Hall–Kier alpha value is -1.22. The van der Waals surface area contributed by atoms with E-state index in [0.29, 0.717) is 18.0 Å². The number of hydrogen-bond donors (Lipinski definition) is 1. The predicted molar refractivity (Wildman–Crippen MR) is 48.1 cm³/mol. The molecule has 0 aliphatic rings. The van der Waals surface area contributed by atoms with Gasteiger partial charge in [-0.2, -0.15) is 0 Å². The van der Waals surface area contributed by atoms with Crippen LogP contribution in [0.15, 0.2) is 18.2 Å². The molecule has 0 saturated heterocycles. The van der Waals surface area contributed by atoms with Gasteiger partial charge in [0.1, 0.15) is 5.75 Å². The third kappa shape index (κ3) is 1.89. The van der Waals surface area contributed by atoms with E-state index in [0.717, 1.165) is 5.56 Å². The van der Waals surface area contributed by atoms with Gasteiger partial charge in [0.05, 0.1) is 19.4 Å². The van der Waals surface area contributed by atoms with Crippen molar-refractivity contribution in [3.05, 3.63) is 23.8 Å². The molecule has 0 amide bonds. The van der Waals surface area contributed by atoms with Crippen molar-refractivity contribution in [3.8, 4) is 5.75 Å². The summed E-state index contributed by atoms with van der Waals surface area (Å²) in [4.78, 5) is 0. The lowest BCUT2D eigenvalue weighted by Crippen LogP contribution is -1.94. The molecule has 0 atom stereocenters. The van der Waals surface area contributed by atoms with Gasteiger partial charge in [0, 0.05) is 7.11 Å². The number of methoxy groups -OCH3 is 2. The summed E-state index contributed by atoms with van der Waals surface area (Å²) in [5.41, 5.74) is 7.38. The van der Waals surface area contributed by atoms with E-state index in [-0.39, 0.29) is 0 Å². The van der Waals surface area contributed by atoms with Crippen LogP contribution in [0.2, 0.25) is 0 Å². The smallest absolute Gasteiger partial charge is 0.141 e. The molecule has 0 bridgehead atoms. The molecule has 0 radical (unpaired) electrons. The Kier molecular flexibility index (Phi) is 2.94. The summed E-state index contributed by atoms with van der Waals surface area (Å²) < 4.78 is 9.97. The molecule has 0 spiro atoms. The molecule has 1 aromatic rings. The number of rotatable bonds is 3. The van der Waals surface area contributed by atoms with Crippen molar-refractivity contribution in [2.24, 2.45) is 0 Å². The van der Waals surface area contributed by atoms with Crippen LogP contribution in [0, 0.1) is 0 Å². The van der Waals surface area contributed by atoms with Gasteiger partial charge in [0.15, 0.2) is 0 Å². The molecule has 3 heteroatoms. The quantitative estimate of drug-likeness (QED) is 0.692. The Morgan fingerprint density at radius 3 is 2.58 bits per heavy atom. The second-order valence-electron chi connectivity index (χ2n) is 2.51. The van der Waals surface area contributed by atoms with Gasteiger partial charge >= 0.3 is 0 Å². The first-order valence-electron chi connectivity index (χ1n) is 3.69. The van der Waals surface area contributed by atoms with Crippen LogP contribution < -0.4 is 10.5 Å². The van der Waals surface area contributed by atoms with E-state index < -0.39 is 0 Å². The zero-order chi connectivity index (χ0) is 8.97. The van der Waals surface area contributed by atoms with E-state index in [9.17, 15) is 0 Å². The first kappa shape index (κ1) is 8.87. The van der Waals surface area contributed by atoms with Crippen LogP contribution in [-0.4, -0.2) is 14.2 Å². The van der Waals surface area contributed by atoms with Gasteiger partial charge in [-0.1, -0.05) is 6.07 Å². The molecular formula is C9H13NO2. The number of nitrogen functional groups attached to an aromatic ring is 1. The lowest BCUT2D eigenvalue weighted by atomic mass is 10.2. The zero-order valence-electron chi connectivity index (χ0n) is 7.33. The third-order valence-electron chi connectivity index (χ3n) is 1.61. The van der Waals surface area contributed by atoms with Crippen molar-refractivity contribution >= 4 is 5.69 Å². The molecule has 0 aliphatic heterocycles. The van der Waals surface area contributed by atoms with Crippen molar-refractivity contribution in [1.82, 2.24) is 0 Å². The monoisotopic (exact) mass is 167 g/mol. The average Bonchev–Trinajstić information content (AvgIpc) is 2.05. The van der Waals surface area contributed by atoms with Gasteiger partial charge in [-0.15, -0.1) is 0 Å².